The Morgan fingerprint density at radius 3 is 2.40 bits per heavy atom. The lowest BCUT2D eigenvalue weighted by molar-refractivity contribution is -0.861. The fourth-order valence-electron chi connectivity index (χ4n) is 1.36. The van der Waals surface area contributed by atoms with Gasteiger partial charge in [-0.15, -0.1) is 0 Å². The number of rotatable bonds is 5. The monoisotopic (exact) mass is 210 g/mol. The molecule has 0 unspecified atom stereocenters. The molecule has 0 fully saturated rings. The summed E-state index contributed by atoms with van der Waals surface area (Å²) in [5, 5.41) is 9.59. The van der Waals surface area contributed by atoms with Crippen LogP contribution in [0.1, 0.15) is 5.56 Å². The van der Waals surface area contributed by atoms with Gasteiger partial charge >= 0.3 is 0 Å². The predicted molar refractivity (Wildman–Crippen MR) is 60.4 cm³/mol. The number of quaternary nitrogens is 1. The van der Waals surface area contributed by atoms with E-state index in [1.165, 1.54) is 10.5 Å². The molecule has 15 heavy (non-hydrogen) atoms. The van der Waals surface area contributed by atoms with Gasteiger partial charge in [-0.1, -0.05) is 17.7 Å². The van der Waals surface area contributed by atoms with E-state index in [1.54, 1.807) is 0 Å². The predicted octanol–water partition coefficient (Wildman–Crippen LogP) is -0.121. The summed E-state index contributed by atoms with van der Waals surface area (Å²) in [7, 11) is 4.02. The van der Waals surface area contributed by atoms with Crippen molar-refractivity contribution in [3.63, 3.8) is 0 Å². The summed E-state index contributed by atoms with van der Waals surface area (Å²) in [5.74, 6) is 0.813. The molecule has 0 aliphatic carbocycles. The van der Waals surface area contributed by atoms with Crippen molar-refractivity contribution < 1.29 is 14.7 Å². The molecule has 1 atom stereocenters. The van der Waals surface area contributed by atoms with Crippen LogP contribution in [0.5, 0.6) is 5.75 Å². The van der Waals surface area contributed by atoms with Crippen molar-refractivity contribution in [3.8, 4) is 5.75 Å². The molecule has 3 nitrogen and oxygen atoms in total. The van der Waals surface area contributed by atoms with Gasteiger partial charge < -0.3 is 14.7 Å². The summed E-state index contributed by atoms with van der Waals surface area (Å²) < 4.78 is 5.46. The highest BCUT2D eigenvalue weighted by Crippen LogP contribution is 2.11. The standard InChI is InChI=1S/C12H19NO2/c1-10-4-6-12(7-5-10)15-9-11(14)8-13(2)3/h4-7,11,14H,8-9H2,1-3H3/p+1/t11-/m0/s1. The number of nitrogens with one attached hydrogen (secondary N) is 1. The number of aliphatic hydroxyl groups excluding tert-OH is 1. The van der Waals surface area contributed by atoms with Crippen molar-refractivity contribution in [2.75, 3.05) is 27.2 Å². The number of hydrogen-bond donors (Lipinski definition) is 2. The largest absolute Gasteiger partial charge is 0.491 e. The van der Waals surface area contributed by atoms with Crippen molar-refractivity contribution in [2.24, 2.45) is 0 Å². The van der Waals surface area contributed by atoms with Gasteiger partial charge in [0.25, 0.3) is 0 Å². The maximum absolute atomic E-state index is 9.59. The minimum absolute atomic E-state index is 0.355. The molecule has 0 bridgehead atoms. The molecule has 84 valence electrons. The molecule has 1 aromatic carbocycles. The number of aryl methyl sites for hydroxylation is 1. The van der Waals surface area contributed by atoms with Crippen LogP contribution in [-0.2, 0) is 0 Å². The molecular formula is C12H20NO2+. The Hall–Kier alpha value is -1.06. The van der Waals surface area contributed by atoms with Crippen molar-refractivity contribution in [2.45, 2.75) is 13.0 Å². The minimum atomic E-state index is -0.406. The molecule has 0 aliphatic heterocycles. The molecule has 0 aliphatic rings. The summed E-state index contributed by atoms with van der Waals surface area (Å²) in [5.41, 5.74) is 1.21. The summed E-state index contributed by atoms with van der Waals surface area (Å²) in [4.78, 5) is 1.22. The smallest absolute Gasteiger partial charge is 0.137 e. The number of benzene rings is 1. The number of likely N-dealkylation sites (N-methyl/N-ethyl adjacent to an activating group) is 1. The molecule has 3 heteroatoms. The Bertz CT molecular complexity index is 282. The highest BCUT2D eigenvalue weighted by atomic mass is 16.5. The second kappa shape index (κ2) is 5.73. The Morgan fingerprint density at radius 2 is 1.87 bits per heavy atom. The summed E-state index contributed by atoms with van der Waals surface area (Å²) >= 11 is 0. The van der Waals surface area contributed by atoms with Crippen LogP contribution < -0.4 is 9.64 Å². The first-order valence-corrected chi connectivity index (χ1v) is 5.24. The lowest BCUT2D eigenvalue weighted by Crippen LogP contribution is -3.07. The normalized spacial score (nSPS) is 12.9. The molecule has 0 radical (unpaired) electrons. The third-order valence-electron chi connectivity index (χ3n) is 2.11. The van der Waals surface area contributed by atoms with Gasteiger partial charge in [-0.2, -0.15) is 0 Å². The first kappa shape index (κ1) is 12.0. The number of ether oxygens (including phenoxy) is 1. The zero-order valence-electron chi connectivity index (χ0n) is 9.66. The van der Waals surface area contributed by atoms with Gasteiger partial charge in [-0.05, 0) is 19.1 Å². The van der Waals surface area contributed by atoms with E-state index in [9.17, 15) is 5.11 Å². The fraction of sp³-hybridized carbons (Fsp3) is 0.500. The van der Waals surface area contributed by atoms with Gasteiger partial charge in [0.15, 0.2) is 0 Å². The lowest BCUT2D eigenvalue weighted by Gasteiger charge is -2.14. The molecule has 0 heterocycles. The van der Waals surface area contributed by atoms with Crippen LogP contribution in [-0.4, -0.2) is 38.5 Å². The van der Waals surface area contributed by atoms with E-state index in [0.29, 0.717) is 13.2 Å². The minimum Gasteiger partial charge on any atom is -0.491 e. The van der Waals surface area contributed by atoms with Crippen molar-refractivity contribution >= 4 is 0 Å². The molecule has 0 saturated heterocycles. The SMILES string of the molecule is Cc1ccc(OC[C@@H](O)C[NH+](C)C)cc1. The van der Waals surface area contributed by atoms with Crippen LogP contribution in [0.2, 0.25) is 0 Å². The van der Waals surface area contributed by atoms with Gasteiger partial charge in [0.1, 0.15) is 25.0 Å². The van der Waals surface area contributed by atoms with Crippen molar-refractivity contribution in [3.05, 3.63) is 29.8 Å². The van der Waals surface area contributed by atoms with Gasteiger partial charge in [-0.25, -0.2) is 0 Å². The maximum atomic E-state index is 9.59. The first-order chi connectivity index (χ1) is 7.08. The van der Waals surface area contributed by atoms with Gasteiger partial charge in [0.2, 0.25) is 0 Å². The second-order valence-electron chi connectivity index (χ2n) is 4.19. The van der Waals surface area contributed by atoms with E-state index < -0.39 is 6.10 Å². The van der Waals surface area contributed by atoms with E-state index in [0.717, 1.165) is 5.75 Å². The quantitative estimate of drug-likeness (QED) is 0.710. The molecular weight excluding hydrogens is 190 g/mol. The Kier molecular flexibility index (Phi) is 4.59. The summed E-state index contributed by atoms with van der Waals surface area (Å²) in [6.07, 6.45) is -0.406. The van der Waals surface area contributed by atoms with Gasteiger partial charge in [-0.3, -0.25) is 0 Å². The Balaban J connectivity index is 2.33. The maximum Gasteiger partial charge on any atom is 0.137 e. The molecule has 1 rings (SSSR count). The second-order valence-corrected chi connectivity index (χ2v) is 4.19. The zero-order valence-corrected chi connectivity index (χ0v) is 9.66. The van der Waals surface area contributed by atoms with Crippen LogP contribution in [0.25, 0.3) is 0 Å². The van der Waals surface area contributed by atoms with E-state index in [1.807, 2.05) is 45.3 Å². The topological polar surface area (TPSA) is 33.9 Å². The van der Waals surface area contributed by atoms with E-state index in [4.69, 9.17) is 4.74 Å². The van der Waals surface area contributed by atoms with Crippen LogP contribution in [0.3, 0.4) is 0 Å². The van der Waals surface area contributed by atoms with Gasteiger partial charge in [0, 0.05) is 0 Å². The molecule has 1 aromatic rings. The van der Waals surface area contributed by atoms with E-state index >= 15 is 0 Å². The number of hydrogen-bond acceptors (Lipinski definition) is 2. The Morgan fingerprint density at radius 1 is 1.27 bits per heavy atom. The third-order valence-corrected chi connectivity index (χ3v) is 2.11. The highest BCUT2D eigenvalue weighted by molar-refractivity contribution is 5.26. The lowest BCUT2D eigenvalue weighted by atomic mass is 10.2. The van der Waals surface area contributed by atoms with Crippen LogP contribution in [0.15, 0.2) is 24.3 Å². The van der Waals surface area contributed by atoms with E-state index in [2.05, 4.69) is 0 Å². The van der Waals surface area contributed by atoms with E-state index in [-0.39, 0.29) is 0 Å². The van der Waals surface area contributed by atoms with Crippen LogP contribution in [0, 0.1) is 6.92 Å². The fourth-order valence-corrected chi connectivity index (χ4v) is 1.36. The average Bonchev–Trinajstić information content (AvgIpc) is 2.16. The average molecular weight is 210 g/mol. The summed E-state index contributed by atoms with van der Waals surface area (Å²) in [6.45, 7) is 3.09. The molecule has 0 spiro atoms. The van der Waals surface area contributed by atoms with Crippen molar-refractivity contribution in [1.82, 2.24) is 0 Å². The van der Waals surface area contributed by atoms with Crippen LogP contribution in [0.4, 0.5) is 0 Å². The van der Waals surface area contributed by atoms with Crippen molar-refractivity contribution in [1.29, 1.82) is 0 Å². The highest BCUT2D eigenvalue weighted by Gasteiger charge is 2.08. The van der Waals surface area contributed by atoms with Crippen LogP contribution >= 0.6 is 0 Å². The summed E-state index contributed by atoms with van der Waals surface area (Å²) in [6, 6.07) is 7.84. The molecule has 0 amide bonds. The van der Waals surface area contributed by atoms with Gasteiger partial charge in [0.05, 0.1) is 14.1 Å². The zero-order chi connectivity index (χ0) is 11.3. The molecule has 0 saturated carbocycles. The molecule has 2 N–H and O–H groups in total. The number of aliphatic hydroxyl groups is 1. The molecule has 0 aromatic heterocycles. The first-order valence-electron chi connectivity index (χ1n) is 5.24. The Labute approximate surface area is 91.3 Å². The third kappa shape index (κ3) is 4.81.